The molecule has 1 aromatic heterocycles. The predicted octanol–water partition coefficient (Wildman–Crippen LogP) is 4.58. The van der Waals surface area contributed by atoms with Gasteiger partial charge in [0.05, 0.1) is 18.4 Å². The number of aryl methyl sites for hydroxylation is 2. The molecule has 0 spiro atoms. The van der Waals surface area contributed by atoms with Crippen molar-refractivity contribution in [1.82, 2.24) is 9.47 Å². The van der Waals surface area contributed by atoms with Gasteiger partial charge in [-0.25, -0.2) is 0 Å². The molecule has 0 radical (unpaired) electrons. The molecule has 0 atom stereocenters. The van der Waals surface area contributed by atoms with Gasteiger partial charge in [-0.05, 0) is 55.3 Å². The summed E-state index contributed by atoms with van der Waals surface area (Å²) < 4.78 is 7.12. The second-order valence-corrected chi connectivity index (χ2v) is 8.98. The highest BCUT2D eigenvalue weighted by Crippen LogP contribution is 2.29. The average Bonchev–Trinajstić information content (AvgIpc) is 2.90. The summed E-state index contributed by atoms with van der Waals surface area (Å²) in [4.78, 5) is 31.2. The molecule has 0 unspecified atom stereocenters. The van der Waals surface area contributed by atoms with Gasteiger partial charge in [0, 0.05) is 48.8 Å². The maximum absolute atomic E-state index is 13.8. The van der Waals surface area contributed by atoms with Crippen molar-refractivity contribution in [3.8, 4) is 11.4 Å². The Morgan fingerprint density at radius 3 is 2.23 bits per heavy atom. The number of hydrogen-bond donors (Lipinski definition) is 0. The lowest BCUT2D eigenvalue weighted by Crippen LogP contribution is -2.49. The van der Waals surface area contributed by atoms with Crippen molar-refractivity contribution in [1.29, 1.82) is 0 Å². The Labute approximate surface area is 205 Å². The van der Waals surface area contributed by atoms with Crippen molar-refractivity contribution < 1.29 is 9.53 Å². The van der Waals surface area contributed by atoms with Gasteiger partial charge in [-0.1, -0.05) is 36.4 Å². The molecule has 35 heavy (non-hydrogen) atoms. The molecule has 0 aliphatic carbocycles. The Bertz CT molecular complexity index is 1470. The molecular weight excluding hydrogens is 438 g/mol. The lowest BCUT2D eigenvalue weighted by Gasteiger charge is -2.36. The van der Waals surface area contributed by atoms with Crippen LogP contribution in [0.3, 0.4) is 0 Å². The molecule has 0 N–H and O–H groups in total. The van der Waals surface area contributed by atoms with Crippen LogP contribution in [0.25, 0.3) is 16.5 Å². The largest absolute Gasteiger partial charge is 0.495 e. The number of pyridine rings is 1. The molecule has 1 saturated heterocycles. The van der Waals surface area contributed by atoms with Crippen molar-refractivity contribution in [2.24, 2.45) is 0 Å². The fourth-order valence-corrected chi connectivity index (χ4v) is 4.74. The number of carbonyl (C=O) groups is 1. The highest BCUT2D eigenvalue weighted by Gasteiger charge is 2.26. The number of fused-ring (bicyclic) bond motifs is 1. The summed E-state index contributed by atoms with van der Waals surface area (Å²) in [6.07, 6.45) is 1.71. The number of amides is 1. The predicted molar refractivity (Wildman–Crippen MR) is 140 cm³/mol. The zero-order chi connectivity index (χ0) is 24.5. The summed E-state index contributed by atoms with van der Waals surface area (Å²) in [6.45, 7) is 6.67. The molecule has 1 aliphatic heterocycles. The average molecular weight is 468 g/mol. The molecule has 0 bridgehead atoms. The Kier molecular flexibility index (Phi) is 6.03. The topological polar surface area (TPSA) is 54.8 Å². The van der Waals surface area contributed by atoms with Gasteiger partial charge in [0.1, 0.15) is 5.75 Å². The number of carbonyl (C=O) groups excluding carboxylic acids is 1. The normalized spacial score (nSPS) is 13.8. The van der Waals surface area contributed by atoms with E-state index in [4.69, 9.17) is 4.74 Å². The molecule has 5 rings (SSSR count). The third-order valence-electron chi connectivity index (χ3n) is 6.92. The van der Waals surface area contributed by atoms with E-state index in [9.17, 15) is 9.59 Å². The minimum absolute atomic E-state index is 0.0570. The van der Waals surface area contributed by atoms with Crippen LogP contribution in [-0.2, 0) is 0 Å². The van der Waals surface area contributed by atoms with Gasteiger partial charge >= 0.3 is 0 Å². The maximum Gasteiger partial charge on any atom is 0.262 e. The van der Waals surface area contributed by atoms with Crippen LogP contribution in [0.1, 0.15) is 21.5 Å². The number of methoxy groups -OCH3 is 1. The number of aromatic nitrogens is 1. The summed E-state index contributed by atoms with van der Waals surface area (Å²) in [5.74, 6) is 0.775. The summed E-state index contributed by atoms with van der Waals surface area (Å²) in [6, 6.07) is 21.3. The third kappa shape index (κ3) is 4.16. The Hall–Kier alpha value is -4.06. The van der Waals surface area contributed by atoms with Crippen molar-refractivity contribution in [2.45, 2.75) is 13.8 Å². The molecule has 1 aliphatic rings. The number of anilines is 1. The van der Waals surface area contributed by atoms with Crippen LogP contribution in [0.5, 0.6) is 5.75 Å². The molecule has 178 valence electrons. The highest BCUT2D eigenvalue weighted by atomic mass is 16.5. The first kappa shape index (κ1) is 22.7. The summed E-state index contributed by atoms with van der Waals surface area (Å²) in [7, 11) is 1.67. The highest BCUT2D eigenvalue weighted by molar-refractivity contribution is 6.06. The van der Waals surface area contributed by atoms with Crippen LogP contribution in [0.4, 0.5) is 5.69 Å². The zero-order valence-corrected chi connectivity index (χ0v) is 20.3. The first-order valence-electron chi connectivity index (χ1n) is 11.9. The number of hydrogen-bond acceptors (Lipinski definition) is 4. The van der Waals surface area contributed by atoms with Crippen LogP contribution < -0.4 is 15.2 Å². The second kappa shape index (κ2) is 9.29. The van der Waals surface area contributed by atoms with Gasteiger partial charge in [0.15, 0.2) is 0 Å². The van der Waals surface area contributed by atoms with E-state index in [0.29, 0.717) is 42.5 Å². The van der Waals surface area contributed by atoms with Crippen molar-refractivity contribution in [3.63, 3.8) is 0 Å². The van der Waals surface area contributed by atoms with Gasteiger partial charge < -0.3 is 14.5 Å². The molecule has 6 heteroatoms. The van der Waals surface area contributed by atoms with E-state index in [2.05, 4.69) is 4.90 Å². The van der Waals surface area contributed by atoms with Gasteiger partial charge in [-0.3, -0.25) is 14.2 Å². The van der Waals surface area contributed by atoms with Crippen LogP contribution in [0, 0.1) is 13.8 Å². The molecular formula is C29H29N3O3. The summed E-state index contributed by atoms with van der Waals surface area (Å²) in [5.41, 5.74) is 4.48. The fraction of sp³-hybridized carbons (Fsp3) is 0.241. The van der Waals surface area contributed by atoms with Gasteiger partial charge in [0.2, 0.25) is 0 Å². The molecule has 0 saturated carbocycles. The van der Waals surface area contributed by atoms with Crippen molar-refractivity contribution >= 4 is 22.4 Å². The number of ether oxygens (including phenoxy) is 1. The summed E-state index contributed by atoms with van der Waals surface area (Å²) in [5, 5.41) is 1.24. The maximum atomic E-state index is 13.8. The monoisotopic (exact) mass is 467 g/mol. The molecule has 2 heterocycles. The first-order chi connectivity index (χ1) is 17.0. The Morgan fingerprint density at radius 1 is 0.829 bits per heavy atom. The molecule has 1 fully saturated rings. The first-order valence-corrected chi connectivity index (χ1v) is 11.9. The zero-order valence-electron chi connectivity index (χ0n) is 20.3. The van der Waals surface area contributed by atoms with Gasteiger partial charge in [-0.2, -0.15) is 0 Å². The van der Waals surface area contributed by atoms with E-state index in [0.717, 1.165) is 28.3 Å². The number of piperazine rings is 1. The van der Waals surface area contributed by atoms with E-state index in [1.807, 2.05) is 79.4 Å². The van der Waals surface area contributed by atoms with E-state index in [1.54, 1.807) is 23.9 Å². The lowest BCUT2D eigenvalue weighted by atomic mass is 10.0. The molecule has 3 aromatic carbocycles. The van der Waals surface area contributed by atoms with Crippen LogP contribution >= 0.6 is 0 Å². The van der Waals surface area contributed by atoms with E-state index in [1.165, 1.54) is 0 Å². The smallest absolute Gasteiger partial charge is 0.262 e. The standard InChI is InChI=1S/C29H29N3O3/c1-20-12-13-22(18-21(20)2)32-19-25(23-8-4-5-9-24(23)29(32)34)28(33)31-16-14-30(15-17-31)26-10-6-7-11-27(26)35-3/h4-13,18-19H,14-17H2,1-3H3. The minimum Gasteiger partial charge on any atom is -0.495 e. The van der Waals surface area contributed by atoms with Gasteiger partial charge in [0.25, 0.3) is 11.5 Å². The minimum atomic E-state index is -0.124. The van der Waals surface area contributed by atoms with Crippen LogP contribution in [-0.4, -0.2) is 48.7 Å². The molecule has 4 aromatic rings. The van der Waals surface area contributed by atoms with Crippen molar-refractivity contribution in [3.05, 3.63) is 100.0 Å². The Balaban J connectivity index is 1.49. The quantitative estimate of drug-likeness (QED) is 0.441. The van der Waals surface area contributed by atoms with Crippen LogP contribution in [0.15, 0.2) is 77.7 Å². The number of nitrogens with zero attached hydrogens (tertiary/aromatic N) is 3. The molecule has 6 nitrogen and oxygen atoms in total. The second-order valence-electron chi connectivity index (χ2n) is 8.98. The summed E-state index contributed by atoms with van der Waals surface area (Å²) >= 11 is 0. The Morgan fingerprint density at radius 2 is 1.51 bits per heavy atom. The van der Waals surface area contributed by atoms with E-state index in [-0.39, 0.29) is 11.5 Å². The number of rotatable bonds is 4. The van der Waals surface area contributed by atoms with Crippen molar-refractivity contribution in [2.75, 3.05) is 38.2 Å². The SMILES string of the molecule is COc1ccccc1N1CCN(C(=O)c2cn(-c3ccc(C)c(C)c3)c(=O)c3ccccc23)CC1. The number of benzene rings is 3. The lowest BCUT2D eigenvalue weighted by molar-refractivity contribution is 0.0748. The van der Waals surface area contributed by atoms with E-state index < -0.39 is 0 Å². The van der Waals surface area contributed by atoms with Crippen LogP contribution in [0.2, 0.25) is 0 Å². The fourth-order valence-electron chi connectivity index (χ4n) is 4.74. The van der Waals surface area contributed by atoms with Gasteiger partial charge in [-0.15, -0.1) is 0 Å². The molecule has 1 amide bonds. The van der Waals surface area contributed by atoms with E-state index >= 15 is 0 Å². The number of para-hydroxylation sites is 2. The third-order valence-corrected chi connectivity index (χ3v) is 6.92.